The van der Waals surface area contributed by atoms with Crippen molar-refractivity contribution in [1.29, 1.82) is 0 Å². The fourth-order valence-electron chi connectivity index (χ4n) is 4.86. The smallest absolute Gasteiger partial charge is 0.138 e. The Kier molecular flexibility index (Phi) is 6.20. The van der Waals surface area contributed by atoms with Crippen LogP contribution in [0.4, 0.5) is 4.39 Å². The summed E-state index contributed by atoms with van der Waals surface area (Å²) in [6.45, 7) is 3.11. The number of benzene rings is 2. The molecule has 37 heavy (non-hydrogen) atoms. The number of pyridine rings is 1. The zero-order chi connectivity index (χ0) is 25.4. The van der Waals surface area contributed by atoms with Crippen LogP contribution in [0.1, 0.15) is 12.0 Å². The maximum Gasteiger partial charge on any atom is 0.138 e. The van der Waals surface area contributed by atoms with Crippen LogP contribution in [0.15, 0.2) is 60.8 Å². The molecule has 6 rings (SSSR count). The van der Waals surface area contributed by atoms with E-state index in [1.807, 2.05) is 37.2 Å². The molecule has 188 valence electrons. The van der Waals surface area contributed by atoms with Gasteiger partial charge in [-0.3, -0.25) is 5.10 Å². The van der Waals surface area contributed by atoms with E-state index in [4.69, 9.17) is 4.74 Å². The van der Waals surface area contributed by atoms with Crippen molar-refractivity contribution in [2.24, 2.45) is 0 Å². The third kappa shape index (κ3) is 4.73. The number of hydrogen-bond donors (Lipinski definition) is 3. The van der Waals surface area contributed by atoms with Crippen molar-refractivity contribution in [3.8, 4) is 28.3 Å². The molecule has 0 bridgehead atoms. The summed E-state index contributed by atoms with van der Waals surface area (Å²) in [6, 6.07) is 15.2. The summed E-state index contributed by atoms with van der Waals surface area (Å²) in [5.74, 6) is 0.173. The number of aromatic amines is 2. The maximum absolute atomic E-state index is 14.6. The fraction of sp³-hybridized carbons (Fsp3) is 0.241. The number of hydrogen-bond acceptors (Lipinski definition) is 5. The largest absolute Gasteiger partial charge is 0.492 e. The minimum absolute atomic E-state index is 0.337. The molecule has 1 aliphatic heterocycles. The second-order valence-electron chi connectivity index (χ2n) is 9.65. The van der Waals surface area contributed by atoms with Crippen molar-refractivity contribution >= 4 is 27.5 Å². The molecule has 0 amide bonds. The predicted octanol–water partition coefficient (Wildman–Crippen LogP) is 5.23. The highest BCUT2D eigenvalue weighted by Crippen LogP contribution is 2.35. The van der Waals surface area contributed by atoms with Crippen molar-refractivity contribution in [1.82, 2.24) is 30.4 Å². The maximum atomic E-state index is 14.6. The molecule has 0 spiro atoms. The molecule has 0 saturated heterocycles. The Bertz CT molecular complexity index is 1620. The number of fused-ring (bicyclic) bond motifs is 2. The van der Waals surface area contributed by atoms with Gasteiger partial charge in [0.25, 0.3) is 0 Å². The molecule has 0 fully saturated rings. The molecule has 0 saturated carbocycles. The van der Waals surface area contributed by atoms with E-state index < -0.39 is 0 Å². The molecule has 3 aromatic heterocycles. The van der Waals surface area contributed by atoms with Crippen LogP contribution in [0.3, 0.4) is 0 Å². The van der Waals surface area contributed by atoms with Crippen LogP contribution in [-0.4, -0.2) is 65.4 Å². The predicted molar refractivity (Wildman–Crippen MR) is 146 cm³/mol. The second-order valence-corrected chi connectivity index (χ2v) is 9.65. The number of ether oxygens (including phenoxy) is 1. The van der Waals surface area contributed by atoms with Crippen LogP contribution < -0.4 is 10.1 Å². The Morgan fingerprint density at radius 2 is 1.95 bits per heavy atom. The topological polar surface area (TPSA) is 81.9 Å². The first-order valence-corrected chi connectivity index (χ1v) is 12.5. The molecular weight excluding hydrogens is 467 g/mol. The van der Waals surface area contributed by atoms with Gasteiger partial charge >= 0.3 is 0 Å². The fourth-order valence-corrected chi connectivity index (χ4v) is 4.86. The lowest BCUT2D eigenvalue weighted by Crippen LogP contribution is -2.19. The van der Waals surface area contributed by atoms with Gasteiger partial charge in [-0.2, -0.15) is 5.10 Å². The van der Waals surface area contributed by atoms with Crippen LogP contribution in [0.25, 0.3) is 50.0 Å². The van der Waals surface area contributed by atoms with Crippen LogP contribution in [0.2, 0.25) is 0 Å². The number of halogens is 1. The number of likely N-dealkylation sites (N-methyl/N-ethyl adjacent to an activating group) is 1. The Balaban J connectivity index is 1.39. The molecule has 1 aliphatic rings. The first-order chi connectivity index (χ1) is 18.0. The van der Waals surface area contributed by atoms with E-state index in [1.54, 1.807) is 6.20 Å². The van der Waals surface area contributed by atoms with Crippen molar-refractivity contribution in [3.63, 3.8) is 0 Å². The van der Waals surface area contributed by atoms with E-state index in [0.717, 1.165) is 70.5 Å². The van der Waals surface area contributed by atoms with Crippen LogP contribution >= 0.6 is 0 Å². The Hall–Kier alpha value is -4.01. The van der Waals surface area contributed by atoms with Crippen LogP contribution in [-0.2, 0) is 0 Å². The first kappa shape index (κ1) is 23.4. The molecule has 0 radical (unpaired) electrons. The normalized spacial score (nSPS) is 14.0. The van der Waals surface area contributed by atoms with E-state index in [0.29, 0.717) is 12.4 Å². The third-order valence-electron chi connectivity index (χ3n) is 6.77. The van der Waals surface area contributed by atoms with Gasteiger partial charge in [-0.1, -0.05) is 12.1 Å². The van der Waals surface area contributed by atoms with Crippen molar-refractivity contribution in [2.45, 2.75) is 6.42 Å². The third-order valence-corrected chi connectivity index (χ3v) is 6.77. The van der Waals surface area contributed by atoms with E-state index in [-0.39, 0.29) is 5.82 Å². The van der Waals surface area contributed by atoms with Gasteiger partial charge in [-0.05, 0) is 85.7 Å². The Morgan fingerprint density at radius 3 is 2.78 bits per heavy atom. The lowest BCUT2D eigenvalue weighted by Gasteiger charge is -2.14. The lowest BCUT2D eigenvalue weighted by molar-refractivity contribution is 0.260. The second kappa shape index (κ2) is 9.80. The average molecular weight is 497 g/mol. The highest BCUT2D eigenvalue weighted by Gasteiger charge is 2.16. The first-order valence-electron chi connectivity index (χ1n) is 12.5. The quantitative estimate of drug-likeness (QED) is 0.288. The van der Waals surface area contributed by atoms with Gasteiger partial charge in [0.05, 0.1) is 11.2 Å². The average Bonchev–Trinajstić information content (AvgIpc) is 3.52. The molecular formula is C29H29FN6O. The highest BCUT2D eigenvalue weighted by atomic mass is 19.1. The number of nitrogens with zero attached hydrogens (tertiary/aromatic N) is 3. The zero-order valence-corrected chi connectivity index (χ0v) is 20.9. The molecule has 2 aromatic carbocycles. The minimum Gasteiger partial charge on any atom is -0.492 e. The number of H-pyrrole nitrogens is 2. The van der Waals surface area contributed by atoms with E-state index in [1.165, 1.54) is 23.3 Å². The molecule has 0 aliphatic carbocycles. The van der Waals surface area contributed by atoms with Gasteiger partial charge in [0.1, 0.15) is 29.5 Å². The van der Waals surface area contributed by atoms with E-state index >= 15 is 0 Å². The van der Waals surface area contributed by atoms with E-state index in [9.17, 15) is 4.39 Å². The van der Waals surface area contributed by atoms with Crippen molar-refractivity contribution in [2.75, 3.05) is 40.3 Å². The summed E-state index contributed by atoms with van der Waals surface area (Å²) < 4.78 is 20.4. The molecule has 0 unspecified atom stereocenters. The van der Waals surface area contributed by atoms with Gasteiger partial charge in [0.2, 0.25) is 0 Å². The van der Waals surface area contributed by atoms with Gasteiger partial charge in [0.15, 0.2) is 0 Å². The molecule has 4 heterocycles. The number of nitrogens with one attached hydrogen (secondary N) is 3. The Morgan fingerprint density at radius 1 is 1.03 bits per heavy atom. The van der Waals surface area contributed by atoms with Crippen molar-refractivity contribution in [3.05, 3.63) is 72.2 Å². The molecule has 7 nitrogen and oxygen atoms in total. The van der Waals surface area contributed by atoms with Gasteiger partial charge in [-0.15, -0.1) is 0 Å². The van der Waals surface area contributed by atoms with Gasteiger partial charge < -0.3 is 19.9 Å². The molecule has 3 N–H and O–H groups in total. The van der Waals surface area contributed by atoms with Crippen LogP contribution in [0.5, 0.6) is 5.75 Å². The zero-order valence-electron chi connectivity index (χ0n) is 20.9. The summed E-state index contributed by atoms with van der Waals surface area (Å²) >= 11 is 0. The van der Waals surface area contributed by atoms with Gasteiger partial charge in [-0.25, -0.2) is 9.37 Å². The Labute approximate surface area is 214 Å². The summed E-state index contributed by atoms with van der Waals surface area (Å²) in [5.41, 5.74) is 7.58. The van der Waals surface area contributed by atoms with E-state index in [2.05, 4.69) is 49.8 Å². The number of aromatic nitrogens is 4. The summed E-state index contributed by atoms with van der Waals surface area (Å²) in [5, 5.41) is 13.1. The van der Waals surface area contributed by atoms with Gasteiger partial charge in [0, 0.05) is 36.1 Å². The highest BCUT2D eigenvalue weighted by molar-refractivity contribution is 6.00. The number of rotatable bonds is 7. The summed E-state index contributed by atoms with van der Waals surface area (Å²) in [7, 11) is 3.96. The lowest BCUT2D eigenvalue weighted by atomic mass is 9.98. The molecule has 0 atom stereocenters. The minimum atomic E-state index is -0.337. The van der Waals surface area contributed by atoms with Crippen LogP contribution in [0, 0.1) is 5.82 Å². The summed E-state index contributed by atoms with van der Waals surface area (Å²) in [6.07, 6.45) is 4.99. The monoisotopic (exact) mass is 496 g/mol. The standard InChI is InChI=1S/C29H29FN6O/c1-36(2)11-12-37-22-14-20(13-21(30)16-22)23-7-10-32-29-24(23)17-27(33-29)28-25-15-19(3-4-26(25)34-35-28)18-5-8-31-9-6-18/h3-5,7,10,13-17,31H,6,8-9,11-12H2,1-2H3,(H,32,33)(H,34,35). The van der Waals surface area contributed by atoms with Crippen molar-refractivity contribution < 1.29 is 9.13 Å². The molecule has 5 aromatic rings. The molecule has 8 heteroatoms. The summed E-state index contributed by atoms with van der Waals surface area (Å²) in [4.78, 5) is 10.00. The SMILES string of the molecule is CN(C)CCOc1cc(F)cc(-c2ccnc3[nH]c(-c4n[nH]c5ccc(C6=CCNCC6)cc45)cc23)c1.